The molecule has 0 aliphatic carbocycles. The summed E-state index contributed by atoms with van der Waals surface area (Å²) in [4.78, 5) is 21.4. The van der Waals surface area contributed by atoms with Gasteiger partial charge in [0.1, 0.15) is 6.26 Å². The summed E-state index contributed by atoms with van der Waals surface area (Å²) in [7, 11) is 0. The van der Waals surface area contributed by atoms with E-state index in [4.69, 9.17) is 9.15 Å². The number of hydrogen-bond acceptors (Lipinski definition) is 7. The predicted octanol–water partition coefficient (Wildman–Crippen LogP) is 3.61. The Balaban J connectivity index is 1.44. The molecule has 1 aliphatic rings. The Hall–Kier alpha value is -3.63. The Labute approximate surface area is 194 Å². The molecule has 1 amide bonds. The number of oxazole rings is 1. The van der Waals surface area contributed by atoms with Gasteiger partial charge in [-0.25, -0.2) is 9.37 Å². The predicted molar refractivity (Wildman–Crippen MR) is 122 cm³/mol. The Kier molecular flexibility index (Phi) is 5.22. The molecule has 1 saturated heterocycles. The molecule has 1 aliphatic heterocycles. The number of ether oxygens (including phenoxy) is 1. The van der Waals surface area contributed by atoms with E-state index in [1.165, 1.54) is 10.9 Å². The number of alkyl halides is 1. The minimum absolute atomic E-state index is 0.0399. The van der Waals surface area contributed by atoms with Crippen LogP contribution in [0.25, 0.3) is 22.4 Å². The van der Waals surface area contributed by atoms with E-state index in [-0.39, 0.29) is 25.5 Å². The van der Waals surface area contributed by atoms with E-state index < -0.39 is 17.2 Å². The number of aliphatic hydroxyl groups is 1. The van der Waals surface area contributed by atoms with Crippen LogP contribution in [0.4, 0.5) is 10.1 Å². The van der Waals surface area contributed by atoms with Gasteiger partial charge in [-0.05, 0) is 45.0 Å². The average molecular weight is 465 g/mol. The number of nitrogens with one attached hydrogen (secondary N) is 1. The summed E-state index contributed by atoms with van der Waals surface area (Å²) in [5, 5.41) is 18.7. The van der Waals surface area contributed by atoms with E-state index in [9.17, 15) is 14.3 Å². The molecule has 1 fully saturated rings. The largest absolute Gasteiger partial charge is 0.444 e. The first kappa shape index (κ1) is 22.2. The van der Waals surface area contributed by atoms with Crippen LogP contribution in [0.3, 0.4) is 0 Å². The van der Waals surface area contributed by atoms with E-state index in [0.29, 0.717) is 33.6 Å². The number of nitrogens with zero attached hydrogens (tertiary/aromatic N) is 4. The van der Waals surface area contributed by atoms with E-state index in [2.05, 4.69) is 20.4 Å². The van der Waals surface area contributed by atoms with Gasteiger partial charge < -0.3 is 19.6 Å². The molecule has 9 nitrogen and oxygen atoms in total. The summed E-state index contributed by atoms with van der Waals surface area (Å²) >= 11 is 0. The maximum absolute atomic E-state index is 14.5. The van der Waals surface area contributed by atoms with Crippen molar-refractivity contribution in [2.75, 3.05) is 18.5 Å². The molecule has 5 rings (SSSR count). The SMILES string of the molecule is Cc1cc(-c2nc(C(=O)Nc3cc4cn(CC5(F)COC5)nc4cc3C(C)(C)O)co2)ccn1. The van der Waals surface area contributed by atoms with Crippen LogP contribution in [0.1, 0.15) is 35.6 Å². The number of anilines is 1. The van der Waals surface area contributed by atoms with Crippen molar-refractivity contribution in [3.8, 4) is 11.5 Å². The first-order valence-electron chi connectivity index (χ1n) is 10.8. The lowest BCUT2D eigenvalue weighted by atomic mass is 9.95. The second-order valence-electron chi connectivity index (χ2n) is 9.16. The van der Waals surface area contributed by atoms with Gasteiger partial charge in [-0.2, -0.15) is 5.10 Å². The lowest BCUT2D eigenvalue weighted by molar-refractivity contribution is -0.138. The minimum Gasteiger partial charge on any atom is -0.444 e. The molecule has 4 aromatic rings. The molecule has 4 heterocycles. The maximum Gasteiger partial charge on any atom is 0.277 e. The van der Waals surface area contributed by atoms with Crippen molar-refractivity contribution in [3.05, 3.63) is 59.9 Å². The highest BCUT2D eigenvalue weighted by molar-refractivity contribution is 6.04. The number of aryl methyl sites for hydroxylation is 1. The lowest BCUT2D eigenvalue weighted by Crippen LogP contribution is -2.48. The van der Waals surface area contributed by atoms with Crippen LogP contribution >= 0.6 is 0 Å². The number of rotatable bonds is 6. The molecule has 0 unspecified atom stereocenters. The number of fused-ring (bicyclic) bond motifs is 1. The van der Waals surface area contributed by atoms with E-state index >= 15 is 0 Å². The van der Waals surface area contributed by atoms with Crippen molar-refractivity contribution in [2.24, 2.45) is 0 Å². The van der Waals surface area contributed by atoms with Crippen LogP contribution in [0.5, 0.6) is 0 Å². The Bertz CT molecular complexity index is 1380. The van der Waals surface area contributed by atoms with Crippen LogP contribution in [0.2, 0.25) is 0 Å². The zero-order valence-corrected chi connectivity index (χ0v) is 19.0. The molecule has 34 heavy (non-hydrogen) atoms. The smallest absolute Gasteiger partial charge is 0.277 e. The molecule has 1 aromatic carbocycles. The number of halogens is 1. The topological polar surface area (TPSA) is 115 Å². The van der Waals surface area contributed by atoms with Crippen molar-refractivity contribution in [1.29, 1.82) is 0 Å². The van der Waals surface area contributed by atoms with Crippen LogP contribution in [0, 0.1) is 6.92 Å². The third kappa shape index (κ3) is 4.29. The van der Waals surface area contributed by atoms with Crippen molar-refractivity contribution >= 4 is 22.5 Å². The highest BCUT2D eigenvalue weighted by Crippen LogP contribution is 2.33. The first-order chi connectivity index (χ1) is 16.1. The van der Waals surface area contributed by atoms with E-state index in [1.54, 1.807) is 44.4 Å². The highest BCUT2D eigenvalue weighted by Gasteiger charge is 2.39. The zero-order valence-electron chi connectivity index (χ0n) is 19.0. The normalized spacial score (nSPS) is 15.3. The van der Waals surface area contributed by atoms with Gasteiger partial charge in [-0.1, -0.05) is 0 Å². The quantitative estimate of drug-likeness (QED) is 0.447. The van der Waals surface area contributed by atoms with Crippen molar-refractivity contribution in [1.82, 2.24) is 19.7 Å². The van der Waals surface area contributed by atoms with Crippen LogP contribution in [-0.2, 0) is 16.9 Å². The number of hydrogen-bond donors (Lipinski definition) is 2. The van der Waals surface area contributed by atoms with Crippen molar-refractivity contribution in [2.45, 2.75) is 38.6 Å². The number of carbonyl (C=O) groups is 1. The summed E-state index contributed by atoms with van der Waals surface area (Å²) in [5.41, 5.74) is 0.337. The molecule has 176 valence electrons. The number of aromatic nitrogens is 4. The molecular formula is C24H24FN5O4. The van der Waals surface area contributed by atoms with Crippen LogP contribution < -0.4 is 5.32 Å². The summed E-state index contributed by atoms with van der Waals surface area (Å²) in [6.07, 6.45) is 4.63. The molecule has 0 bridgehead atoms. The van der Waals surface area contributed by atoms with Crippen LogP contribution in [0.15, 0.2) is 47.3 Å². The lowest BCUT2D eigenvalue weighted by Gasteiger charge is -2.33. The Morgan fingerprint density at radius 3 is 2.79 bits per heavy atom. The summed E-state index contributed by atoms with van der Waals surface area (Å²) in [5.74, 6) is -0.192. The van der Waals surface area contributed by atoms with E-state index in [0.717, 1.165) is 5.69 Å². The van der Waals surface area contributed by atoms with Gasteiger partial charge in [0.25, 0.3) is 5.91 Å². The Morgan fingerprint density at radius 2 is 2.12 bits per heavy atom. The van der Waals surface area contributed by atoms with Gasteiger partial charge in [0, 0.05) is 40.3 Å². The minimum atomic E-state index is -1.43. The fourth-order valence-corrected chi connectivity index (χ4v) is 3.89. The molecule has 0 atom stereocenters. The van der Waals surface area contributed by atoms with Gasteiger partial charge in [-0.3, -0.25) is 14.5 Å². The fraction of sp³-hybridized carbons (Fsp3) is 0.333. The van der Waals surface area contributed by atoms with Crippen molar-refractivity contribution in [3.63, 3.8) is 0 Å². The second-order valence-corrected chi connectivity index (χ2v) is 9.16. The van der Waals surface area contributed by atoms with E-state index in [1.807, 2.05) is 13.0 Å². The van der Waals surface area contributed by atoms with Gasteiger partial charge in [0.05, 0.1) is 30.9 Å². The summed E-state index contributed by atoms with van der Waals surface area (Å²) in [6.45, 7) is 5.23. The monoisotopic (exact) mass is 465 g/mol. The average Bonchev–Trinajstić information content (AvgIpc) is 3.38. The molecule has 2 N–H and O–H groups in total. The Morgan fingerprint density at radius 1 is 1.32 bits per heavy atom. The summed E-state index contributed by atoms with van der Waals surface area (Å²) in [6, 6.07) is 6.95. The fourth-order valence-electron chi connectivity index (χ4n) is 3.89. The van der Waals surface area contributed by atoms with Crippen LogP contribution in [-0.4, -0.2) is 49.6 Å². The molecule has 10 heteroatoms. The standard InChI is InChI=1S/C24H24FN5O4/c1-14-6-15(4-5-26-14)22-28-20(10-34-22)21(31)27-19-7-16-9-30(11-24(25)12-33-13-24)29-18(16)8-17(19)23(2,3)32/h4-10,32H,11-13H2,1-3H3,(H,27,31). The molecule has 0 radical (unpaired) electrons. The van der Waals surface area contributed by atoms with Gasteiger partial charge in [0.2, 0.25) is 5.89 Å². The third-order valence-corrected chi connectivity index (χ3v) is 5.65. The van der Waals surface area contributed by atoms with Gasteiger partial charge in [0.15, 0.2) is 11.4 Å². The molecule has 0 spiro atoms. The summed E-state index contributed by atoms with van der Waals surface area (Å²) < 4.78 is 26.5. The third-order valence-electron chi connectivity index (χ3n) is 5.65. The number of pyridine rings is 1. The molecular weight excluding hydrogens is 441 g/mol. The highest BCUT2D eigenvalue weighted by atomic mass is 19.1. The zero-order chi connectivity index (χ0) is 24.1. The van der Waals surface area contributed by atoms with Crippen molar-refractivity contribution < 1.29 is 23.4 Å². The number of amides is 1. The number of carbonyl (C=O) groups excluding carboxylic acids is 1. The maximum atomic E-state index is 14.5. The van der Waals surface area contributed by atoms with Gasteiger partial charge in [-0.15, -0.1) is 0 Å². The number of benzene rings is 1. The van der Waals surface area contributed by atoms with Gasteiger partial charge >= 0.3 is 0 Å². The molecule has 0 saturated carbocycles. The second kappa shape index (κ2) is 8.00. The molecule has 3 aromatic heterocycles. The first-order valence-corrected chi connectivity index (χ1v) is 10.8.